The first-order valence-electron chi connectivity index (χ1n) is 11.0. The molecule has 7 heteroatoms. The Kier molecular flexibility index (Phi) is 5.82. The van der Waals surface area contributed by atoms with E-state index in [4.69, 9.17) is 4.42 Å². The number of aromatic nitrogens is 3. The lowest BCUT2D eigenvalue weighted by molar-refractivity contribution is 0.102. The van der Waals surface area contributed by atoms with E-state index in [1.54, 1.807) is 42.5 Å². The molecule has 32 heavy (non-hydrogen) atoms. The van der Waals surface area contributed by atoms with Crippen LogP contribution in [0.2, 0.25) is 0 Å². The van der Waals surface area contributed by atoms with Gasteiger partial charge in [-0.25, -0.2) is 9.67 Å². The van der Waals surface area contributed by atoms with Crippen LogP contribution in [-0.2, 0) is 12.0 Å². The summed E-state index contributed by atoms with van der Waals surface area (Å²) in [5.41, 5.74) is 1.78. The van der Waals surface area contributed by atoms with E-state index in [1.807, 2.05) is 20.8 Å². The van der Waals surface area contributed by atoms with E-state index in [-0.39, 0.29) is 22.6 Å². The van der Waals surface area contributed by atoms with Gasteiger partial charge in [-0.3, -0.25) is 9.59 Å². The van der Waals surface area contributed by atoms with Crippen molar-refractivity contribution in [3.05, 3.63) is 64.4 Å². The average molecular weight is 433 g/mol. The van der Waals surface area contributed by atoms with Crippen LogP contribution in [0, 0.1) is 0 Å². The second kappa shape index (κ2) is 8.57. The van der Waals surface area contributed by atoms with Gasteiger partial charge in [0.15, 0.2) is 11.3 Å². The van der Waals surface area contributed by atoms with E-state index in [9.17, 15) is 9.59 Å². The van der Waals surface area contributed by atoms with Gasteiger partial charge in [-0.05, 0) is 30.7 Å². The van der Waals surface area contributed by atoms with Crippen LogP contribution in [0.15, 0.2) is 51.7 Å². The van der Waals surface area contributed by atoms with Gasteiger partial charge in [0.25, 0.3) is 11.5 Å². The summed E-state index contributed by atoms with van der Waals surface area (Å²) >= 11 is 0. The fraction of sp³-hybridized carbons (Fsp3) is 0.360. The molecule has 0 unspecified atom stereocenters. The number of hydrogen-bond acceptors (Lipinski definition) is 5. The monoisotopic (exact) mass is 432 g/mol. The molecule has 7 nitrogen and oxygen atoms in total. The normalized spacial score (nSPS) is 11.9. The Morgan fingerprint density at radius 2 is 1.84 bits per heavy atom. The van der Waals surface area contributed by atoms with Gasteiger partial charge in [0.05, 0.1) is 5.39 Å². The summed E-state index contributed by atoms with van der Waals surface area (Å²) in [5.74, 6) is 0.270. The lowest BCUT2D eigenvalue weighted by atomic mass is 9.97. The van der Waals surface area contributed by atoms with Gasteiger partial charge in [0, 0.05) is 23.0 Å². The zero-order valence-corrected chi connectivity index (χ0v) is 18.9. The van der Waals surface area contributed by atoms with Gasteiger partial charge in [0.2, 0.25) is 5.89 Å². The van der Waals surface area contributed by atoms with Crippen molar-refractivity contribution in [3.8, 4) is 0 Å². The molecule has 0 radical (unpaired) electrons. The molecule has 1 amide bonds. The molecule has 4 aromatic rings. The van der Waals surface area contributed by atoms with Crippen LogP contribution < -0.4 is 10.9 Å². The standard InChI is InChI=1S/C25H28N4O3/c1-5-6-9-14-29-23(31)18-11-8-7-10-17(18)21(28-29)22(30)26-16-12-13-20-19(15-16)27-24(32-20)25(2,3)4/h7-8,10-13,15H,5-6,9,14H2,1-4H3,(H,26,30). The molecule has 0 atom stereocenters. The molecule has 2 aromatic heterocycles. The Balaban J connectivity index is 1.69. The van der Waals surface area contributed by atoms with Crippen molar-refractivity contribution in [2.45, 2.75) is 58.9 Å². The Hall–Kier alpha value is -3.48. The van der Waals surface area contributed by atoms with Crippen molar-refractivity contribution < 1.29 is 9.21 Å². The van der Waals surface area contributed by atoms with Crippen LogP contribution in [0.5, 0.6) is 0 Å². The number of benzene rings is 2. The van der Waals surface area contributed by atoms with Crippen LogP contribution in [0.1, 0.15) is 63.3 Å². The number of nitrogens with zero attached hydrogens (tertiary/aromatic N) is 3. The van der Waals surface area contributed by atoms with Gasteiger partial charge >= 0.3 is 0 Å². The summed E-state index contributed by atoms with van der Waals surface area (Å²) in [6, 6.07) is 12.4. The minimum absolute atomic E-state index is 0.174. The number of unbranched alkanes of at least 4 members (excludes halogenated alkanes) is 2. The number of hydrogen-bond donors (Lipinski definition) is 1. The Morgan fingerprint density at radius 3 is 2.56 bits per heavy atom. The predicted molar refractivity (Wildman–Crippen MR) is 126 cm³/mol. The number of carbonyl (C=O) groups is 1. The van der Waals surface area contributed by atoms with Crippen molar-refractivity contribution in [1.29, 1.82) is 0 Å². The van der Waals surface area contributed by atoms with Gasteiger partial charge in [-0.15, -0.1) is 0 Å². The summed E-state index contributed by atoms with van der Waals surface area (Å²) in [5, 5.41) is 8.36. The number of oxazole rings is 1. The first kappa shape index (κ1) is 21.7. The van der Waals surface area contributed by atoms with E-state index in [1.165, 1.54) is 4.68 Å². The smallest absolute Gasteiger partial charge is 0.276 e. The maximum atomic E-state index is 13.2. The number of amides is 1. The SMILES string of the molecule is CCCCCn1nc(C(=O)Nc2ccc3oc(C(C)(C)C)nc3c2)c2ccccc2c1=O. The zero-order valence-electron chi connectivity index (χ0n) is 18.9. The number of rotatable bonds is 6. The highest BCUT2D eigenvalue weighted by Gasteiger charge is 2.21. The highest BCUT2D eigenvalue weighted by atomic mass is 16.3. The van der Waals surface area contributed by atoms with Crippen LogP contribution in [0.25, 0.3) is 21.9 Å². The zero-order chi connectivity index (χ0) is 22.9. The van der Waals surface area contributed by atoms with Crippen molar-refractivity contribution in [3.63, 3.8) is 0 Å². The van der Waals surface area contributed by atoms with E-state index >= 15 is 0 Å². The Morgan fingerprint density at radius 1 is 1.09 bits per heavy atom. The topological polar surface area (TPSA) is 90.0 Å². The summed E-state index contributed by atoms with van der Waals surface area (Å²) < 4.78 is 7.24. The molecular weight excluding hydrogens is 404 g/mol. The van der Waals surface area contributed by atoms with Crippen LogP contribution in [-0.4, -0.2) is 20.7 Å². The molecule has 2 heterocycles. The van der Waals surface area contributed by atoms with Gasteiger partial charge in [-0.2, -0.15) is 5.10 Å². The number of aryl methyl sites for hydroxylation is 1. The molecule has 2 aromatic carbocycles. The van der Waals surface area contributed by atoms with Gasteiger partial charge in [-0.1, -0.05) is 58.7 Å². The average Bonchev–Trinajstić information content (AvgIpc) is 3.19. The fourth-order valence-electron chi connectivity index (χ4n) is 3.58. The summed E-state index contributed by atoms with van der Waals surface area (Å²) in [7, 11) is 0. The van der Waals surface area contributed by atoms with Crippen LogP contribution in [0.3, 0.4) is 0 Å². The molecule has 0 aliphatic heterocycles. The summed E-state index contributed by atoms with van der Waals surface area (Å²) in [6.07, 6.45) is 2.87. The van der Waals surface area contributed by atoms with E-state index < -0.39 is 0 Å². The third kappa shape index (κ3) is 4.28. The van der Waals surface area contributed by atoms with Crippen molar-refractivity contribution >= 4 is 33.5 Å². The maximum Gasteiger partial charge on any atom is 0.276 e. The van der Waals surface area contributed by atoms with E-state index in [0.29, 0.717) is 40.0 Å². The predicted octanol–water partition coefficient (Wildman–Crippen LogP) is 5.28. The lowest BCUT2D eigenvalue weighted by Crippen LogP contribution is -2.27. The first-order chi connectivity index (χ1) is 15.3. The fourth-order valence-corrected chi connectivity index (χ4v) is 3.58. The third-order valence-electron chi connectivity index (χ3n) is 5.34. The quantitative estimate of drug-likeness (QED) is 0.419. The largest absolute Gasteiger partial charge is 0.440 e. The highest BCUT2D eigenvalue weighted by molar-refractivity contribution is 6.11. The van der Waals surface area contributed by atoms with Crippen LogP contribution in [0.4, 0.5) is 5.69 Å². The number of carbonyl (C=O) groups excluding carboxylic acids is 1. The molecule has 0 spiro atoms. The minimum atomic E-state index is -0.371. The lowest BCUT2D eigenvalue weighted by Gasteiger charge is -2.11. The molecule has 0 saturated carbocycles. The van der Waals surface area contributed by atoms with Crippen molar-refractivity contribution in [2.75, 3.05) is 5.32 Å². The molecule has 0 bridgehead atoms. The molecule has 0 aliphatic rings. The van der Waals surface area contributed by atoms with Crippen molar-refractivity contribution in [2.24, 2.45) is 0 Å². The number of fused-ring (bicyclic) bond motifs is 2. The second-order valence-electron chi connectivity index (χ2n) is 9.04. The van der Waals surface area contributed by atoms with E-state index in [0.717, 1.165) is 19.3 Å². The second-order valence-corrected chi connectivity index (χ2v) is 9.04. The summed E-state index contributed by atoms with van der Waals surface area (Å²) in [4.78, 5) is 30.6. The third-order valence-corrected chi connectivity index (χ3v) is 5.34. The molecule has 0 fully saturated rings. The van der Waals surface area contributed by atoms with E-state index in [2.05, 4.69) is 22.3 Å². The van der Waals surface area contributed by atoms with Crippen LogP contribution >= 0.6 is 0 Å². The molecular formula is C25H28N4O3. The molecule has 0 aliphatic carbocycles. The molecule has 1 N–H and O–H groups in total. The summed E-state index contributed by atoms with van der Waals surface area (Å²) in [6.45, 7) is 8.69. The van der Waals surface area contributed by atoms with Crippen molar-refractivity contribution in [1.82, 2.24) is 14.8 Å². The Labute approximate surface area is 186 Å². The Bertz CT molecular complexity index is 1350. The minimum Gasteiger partial charge on any atom is -0.440 e. The first-order valence-corrected chi connectivity index (χ1v) is 11.0. The number of anilines is 1. The highest BCUT2D eigenvalue weighted by Crippen LogP contribution is 2.27. The van der Waals surface area contributed by atoms with Gasteiger partial charge in [0.1, 0.15) is 5.52 Å². The van der Waals surface area contributed by atoms with Gasteiger partial charge < -0.3 is 9.73 Å². The maximum absolute atomic E-state index is 13.2. The molecule has 4 rings (SSSR count). The molecule has 166 valence electrons. The molecule has 0 saturated heterocycles. The number of nitrogens with one attached hydrogen (secondary N) is 1.